The zero-order valence-electron chi connectivity index (χ0n) is 31.7. The predicted octanol–water partition coefficient (Wildman–Crippen LogP) is 15.3. The van der Waals surface area contributed by atoms with Crippen LogP contribution in [0, 0.1) is 0 Å². The minimum Gasteiger partial charge on any atom is -0.310 e. The average Bonchev–Trinajstić information content (AvgIpc) is 3.49. The molecule has 0 heterocycles. The first kappa shape index (κ1) is 33.6. The maximum atomic E-state index is 2.45. The topological polar surface area (TPSA) is 3.24 Å². The van der Waals surface area contributed by atoms with Crippen molar-refractivity contribution in [2.45, 2.75) is 19.3 Å². The van der Waals surface area contributed by atoms with Gasteiger partial charge in [0.1, 0.15) is 0 Å². The average molecular weight is 716 g/mol. The van der Waals surface area contributed by atoms with Crippen LogP contribution in [0.4, 0.5) is 17.1 Å². The Morgan fingerprint density at radius 1 is 0.304 bits per heavy atom. The fraction of sp³-hybridized carbons (Fsp3) is 0.0545. The van der Waals surface area contributed by atoms with Crippen molar-refractivity contribution in [3.05, 3.63) is 223 Å². The Bertz CT molecular complexity index is 2880. The van der Waals surface area contributed by atoms with Gasteiger partial charge in [0.05, 0.1) is 5.69 Å². The largest absolute Gasteiger partial charge is 0.310 e. The lowest BCUT2D eigenvalue weighted by Gasteiger charge is -2.29. The van der Waals surface area contributed by atoms with Crippen LogP contribution in [0.25, 0.3) is 66.4 Å². The first-order chi connectivity index (χ1) is 27.5. The minimum atomic E-state index is -0.0697. The molecule has 0 bridgehead atoms. The molecule has 0 aromatic heterocycles. The Hall–Kier alpha value is -6.96. The van der Waals surface area contributed by atoms with Crippen LogP contribution in [0.2, 0.25) is 0 Å². The van der Waals surface area contributed by atoms with E-state index < -0.39 is 0 Å². The number of rotatable bonds is 7. The summed E-state index contributed by atoms with van der Waals surface area (Å²) in [5, 5.41) is 2.50. The summed E-state index contributed by atoms with van der Waals surface area (Å²) in [5.41, 5.74) is 18.3. The molecule has 0 radical (unpaired) electrons. The number of para-hydroxylation sites is 1. The Labute approximate surface area is 329 Å². The molecule has 9 aromatic rings. The van der Waals surface area contributed by atoms with Gasteiger partial charge in [0, 0.05) is 22.4 Å². The zero-order chi connectivity index (χ0) is 37.6. The van der Waals surface area contributed by atoms with Gasteiger partial charge in [-0.15, -0.1) is 0 Å². The van der Waals surface area contributed by atoms with Crippen LogP contribution in [0.5, 0.6) is 0 Å². The summed E-state index contributed by atoms with van der Waals surface area (Å²) in [7, 11) is 0. The maximum Gasteiger partial charge on any atom is 0.0540 e. The monoisotopic (exact) mass is 715 g/mol. The van der Waals surface area contributed by atoms with Gasteiger partial charge >= 0.3 is 0 Å². The zero-order valence-corrected chi connectivity index (χ0v) is 31.7. The summed E-state index contributed by atoms with van der Waals surface area (Å²) in [6.45, 7) is 4.69. The van der Waals surface area contributed by atoms with Crippen molar-refractivity contribution >= 4 is 27.8 Å². The molecule has 0 saturated carbocycles. The van der Waals surface area contributed by atoms with Crippen molar-refractivity contribution in [3.8, 4) is 55.6 Å². The second-order valence-electron chi connectivity index (χ2n) is 15.3. The molecular weight excluding hydrogens is 675 g/mol. The van der Waals surface area contributed by atoms with Gasteiger partial charge < -0.3 is 4.90 Å². The fourth-order valence-corrected chi connectivity index (χ4v) is 8.88. The molecule has 0 amide bonds. The quantitative estimate of drug-likeness (QED) is 0.159. The van der Waals surface area contributed by atoms with Gasteiger partial charge in [-0.05, 0) is 108 Å². The molecule has 9 aromatic carbocycles. The van der Waals surface area contributed by atoms with E-state index >= 15 is 0 Å². The SMILES string of the molecule is CC1(C)c2ccccc2-c2cc(N(c3ccc(-c4ccc5ccccc5c4)cc3)c3ccccc3-c3ccccc3-c3ccccc3-c3ccccc3)ccc21. The molecule has 0 spiro atoms. The van der Waals surface area contributed by atoms with Crippen molar-refractivity contribution in [1.29, 1.82) is 0 Å². The summed E-state index contributed by atoms with van der Waals surface area (Å²) < 4.78 is 0. The van der Waals surface area contributed by atoms with Crippen molar-refractivity contribution in [1.82, 2.24) is 0 Å². The molecule has 1 heteroatoms. The van der Waals surface area contributed by atoms with E-state index in [1.165, 1.54) is 77.5 Å². The summed E-state index contributed by atoms with van der Waals surface area (Å²) in [4.78, 5) is 2.45. The van der Waals surface area contributed by atoms with Gasteiger partial charge in [0.15, 0.2) is 0 Å². The lowest BCUT2D eigenvalue weighted by atomic mass is 9.82. The Morgan fingerprint density at radius 2 is 0.821 bits per heavy atom. The lowest BCUT2D eigenvalue weighted by molar-refractivity contribution is 0.660. The van der Waals surface area contributed by atoms with E-state index in [1.54, 1.807) is 0 Å². The third-order valence-corrected chi connectivity index (χ3v) is 11.7. The van der Waals surface area contributed by atoms with Gasteiger partial charge in [0.2, 0.25) is 0 Å². The highest BCUT2D eigenvalue weighted by atomic mass is 15.1. The maximum absolute atomic E-state index is 2.45. The predicted molar refractivity (Wildman–Crippen MR) is 238 cm³/mol. The third kappa shape index (κ3) is 5.72. The van der Waals surface area contributed by atoms with Crippen LogP contribution in [-0.2, 0) is 5.41 Å². The molecule has 0 saturated heterocycles. The van der Waals surface area contributed by atoms with Crippen LogP contribution in [0.3, 0.4) is 0 Å². The molecule has 0 N–H and O–H groups in total. The highest BCUT2D eigenvalue weighted by Crippen LogP contribution is 2.52. The van der Waals surface area contributed by atoms with Gasteiger partial charge in [-0.3, -0.25) is 0 Å². The van der Waals surface area contributed by atoms with Crippen LogP contribution in [-0.4, -0.2) is 0 Å². The molecule has 0 aliphatic heterocycles. The molecule has 1 aliphatic rings. The van der Waals surface area contributed by atoms with Crippen molar-refractivity contribution in [2.24, 2.45) is 0 Å². The van der Waals surface area contributed by atoms with E-state index in [0.29, 0.717) is 0 Å². The van der Waals surface area contributed by atoms with E-state index in [9.17, 15) is 0 Å². The van der Waals surface area contributed by atoms with E-state index in [0.717, 1.165) is 17.1 Å². The minimum absolute atomic E-state index is 0.0697. The van der Waals surface area contributed by atoms with E-state index in [2.05, 4.69) is 231 Å². The smallest absolute Gasteiger partial charge is 0.0540 e. The van der Waals surface area contributed by atoms with Crippen LogP contribution in [0.1, 0.15) is 25.0 Å². The Balaban J connectivity index is 1.16. The number of anilines is 3. The van der Waals surface area contributed by atoms with Gasteiger partial charge in [0.25, 0.3) is 0 Å². The number of hydrogen-bond donors (Lipinski definition) is 0. The number of nitrogens with zero attached hydrogens (tertiary/aromatic N) is 1. The first-order valence-corrected chi connectivity index (χ1v) is 19.5. The summed E-state index contributed by atoms with van der Waals surface area (Å²) in [6, 6.07) is 77.7. The normalized spacial score (nSPS) is 12.6. The second-order valence-corrected chi connectivity index (χ2v) is 15.3. The molecule has 56 heavy (non-hydrogen) atoms. The van der Waals surface area contributed by atoms with Gasteiger partial charge in [-0.1, -0.05) is 190 Å². The molecule has 0 fully saturated rings. The Kier molecular flexibility index (Phi) is 8.23. The summed E-state index contributed by atoms with van der Waals surface area (Å²) in [5.74, 6) is 0. The first-order valence-electron chi connectivity index (χ1n) is 19.5. The van der Waals surface area contributed by atoms with Crippen molar-refractivity contribution in [2.75, 3.05) is 4.90 Å². The Morgan fingerprint density at radius 3 is 1.57 bits per heavy atom. The summed E-state index contributed by atoms with van der Waals surface area (Å²) in [6.07, 6.45) is 0. The molecule has 1 nitrogen and oxygen atoms in total. The number of benzene rings is 9. The van der Waals surface area contributed by atoms with E-state index in [1.807, 2.05) is 0 Å². The van der Waals surface area contributed by atoms with E-state index in [4.69, 9.17) is 0 Å². The molecule has 0 unspecified atom stereocenters. The number of fused-ring (bicyclic) bond motifs is 4. The molecule has 1 aliphatic carbocycles. The van der Waals surface area contributed by atoms with Crippen molar-refractivity contribution < 1.29 is 0 Å². The molecular formula is C55H41N. The van der Waals surface area contributed by atoms with Crippen LogP contribution >= 0.6 is 0 Å². The molecule has 10 rings (SSSR count). The third-order valence-electron chi connectivity index (χ3n) is 11.7. The number of hydrogen-bond acceptors (Lipinski definition) is 1. The second kappa shape index (κ2) is 13.7. The van der Waals surface area contributed by atoms with Crippen molar-refractivity contribution in [3.63, 3.8) is 0 Å². The van der Waals surface area contributed by atoms with Crippen LogP contribution in [0.15, 0.2) is 212 Å². The molecule has 0 atom stereocenters. The van der Waals surface area contributed by atoms with E-state index in [-0.39, 0.29) is 5.41 Å². The van der Waals surface area contributed by atoms with Crippen LogP contribution < -0.4 is 4.90 Å². The lowest BCUT2D eigenvalue weighted by Crippen LogP contribution is -2.15. The van der Waals surface area contributed by atoms with Gasteiger partial charge in [-0.2, -0.15) is 0 Å². The highest BCUT2D eigenvalue weighted by Gasteiger charge is 2.35. The summed E-state index contributed by atoms with van der Waals surface area (Å²) >= 11 is 0. The highest BCUT2D eigenvalue weighted by molar-refractivity contribution is 5.98. The standard InChI is InChI=1S/C55H41N/c1-55(2)52-26-14-12-24-49(52)51-37-44(34-35-53(51)55)56(43-32-30-39(31-33-43)42-29-28-38-16-6-7-19-41(38)36-42)54-27-15-13-25-50(54)48-23-11-10-22-47(48)46-21-9-8-20-45(46)40-17-4-3-5-18-40/h3-37H,1-2H3. The van der Waals surface area contributed by atoms with Gasteiger partial charge in [-0.25, -0.2) is 0 Å². The fourth-order valence-electron chi connectivity index (χ4n) is 8.88. The molecule has 266 valence electrons.